The van der Waals surface area contributed by atoms with Gasteiger partial charge < -0.3 is 5.21 Å². The third-order valence-electron chi connectivity index (χ3n) is 7.02. The van der Waals surface area contributed by atoms with E-state index in [0.717, 1.165) is 33.0 Å². The van der Waals surface area contributed by atoms with Crippen LogP contribution in [-0.4, -0.2) is 51.6 Å². The molecule has 1 saturated heterocycles. The summed E-state index contributed by atoms with van der Waals surface area (Å²) in [6.45, 7) is 3.73. The van der Waals surface area contributed by atoms with Gasteiger partial charge in [-0.2, -0.15) is 0 Å². The van der Waals surface area contributed by atoms with Crippen LogP contribution in [0.1, 0.15) is 39.6 Å². The number of amides is 1. The summed E-state index contributed by atoms with van der Waals surface area (Å²) >= 11 is 7.25. The van der Waals surface area contributed by atoms with Crippen molar-refractivity contribution in [1.82, 2.24) is 14.9 Å². The SMILES string of the molecule is Cc1cc(Br)cc2c1C(N1CC[N+]([O-])(C(=O)Cc3ccncc3)CC1)c1ncc(Br)cc1CC2. The maximum Gasteiger partial charge on any atom is 0.318 e. The molecule has 2 aliphatic rings. The minimum absolute atomic E-state index is 0.0299. The second-order valence-corrected chi connectivity index (χ2v) is 11.0. The maximum atomic E-state index is 13.5. The summed E-state index contributed by atoms with van der Waals surface area (Å²) in [7, 11) is 0. The van der Waals surface area contributed by atoms with Gasteiger partial charge >= 0.3 is 5.91 Å². The van der Waals surface area contributed by atoms with Crippen LogP contribution >= 0.6 is 31.9 Å². The summed E-state index contributed by atoms with van der Waals surface area (Å²) in [4.78, 5) is 24.2. The molecule has 0 radical (unpaired) electrons. The van der Waals surface area contributed by atoms with E-state index in [4.69, 9.17) is 4.98 Å². The lowest BCUT2D eigenvalue weighted by atomic mass is 9.92. The van der Waals surface area contributed by atoms with E-state index >= 15 is 0 Å². The van der Waals surface area contributed by atoms with Crippen LogP contribution in [0.5, 0.6) is 0 Å². The molecule has 5 rings (SSSR count). The fraction of sp³-hybridized carbons (Fsp3) is 0.346. The monoisotopic (exact) mass is 584 g/mol. The molecule has 1 unspecified atom stereocenters. The Morgan fingerprint density at radius 3 is 2.50 bits per heavy atom. The second kappa shape index (κ2) is 9.59. The van der Waals surface area contributed by atoms with Gasteiger partial charge in [-0.25, -0.2) is 4.79 Å². The van der Waals surface area contributed by atoms with E-state index in [9.17, 15) is 10.0 Å². The van der Waals surface area contributed by atoms with Gasteiger partial charge in [0.2, 0.25) is 0 Å². The normalized spacial score (nSPS) is 19.7. The summed E-state index contributed by atoms with van der Waals surface area (Å²) in [5.41, 5.74) is 6.93. The zero-order valence-electron chi connectivity index (χ0n) is 19.0. The van der Waals surface area contributed by atoms with Crippen molar-refractivity contribution in [1.29, 1.82) is 0 Å². The van der Waals surface area contributed by atoms with Crippen LogP contribution in [0, 0.1) is 12.1 Å². The summed E-state index contributed by atoms with van der Waals surface area (Å²) in [6, 6.07) is 10.1. The Bertz CT molecular complexity index is 1230. The molecule has 6 nitrogen and oxygen atoms in total. The number of fused-ring (bicyclic) bond motifs is 2. The number of nitrogens with zero attached hydrogens (tertiary/aromatic N) is 4. The average Bonchev–Trinajstić information content (AvgIpc) is 2.97. The fourth-order valence-corrected chi connectivity index (χ4v) is 6.25. The number of hydroxylamine groups is 3. The number of aromatic nitrogens is 2. The highest BCUT2D eigenvalue weighted by Crippen LogP contribution is 2.40. The molecule has 0 spiro atoms. The highest BCUT2D eigenvalue weighted by Gasteiger charge is 2.38. The molecule has 3 aromatic rings. The number of carbonyl (C=O) groups excluding carboxylic acids is 1. The van der Waals surface area contributed by atoms with Crippen LogP contribution in [-0.2, 0) is 24.1 Å². The van der Waals surface area contributed by atoms with Crippen molar-refractivity contribution in [2.45, 2.75) is 32.2 Å². The molecular weight excluding hydrogens is 560 g/mol. The number of piperazine rings is 1. The van der Waals surface area contributed by atoms with E-state index in [1.165, 1.54) is 22.3 Å². The van der Waals surface area contributed by atoms with Crippen molar-refractivity contribution >= 4 is 37.8 Å². The highest BCUT2D eigenvalue weighted by molar-refractivity contribution is 9.10. The van der Waals surface area contributed by atoms with Gasteiger partial charge in [-0.1, -0.05) is 15.9 Å². The molecule has 8 heteroatoms. The molecule has 1 atom stereocenters. The number of aryl methyl sites for hydroxylation is 3. The van der Waals surface area contributed by atoms with E-state index in [-0.39, 0.29) is 31.5 Å². The first-order chi connectivity index (χ1) is 16.3. The predicted molar refractivity (Wildman–Crippen MR) is 138 cm³/mol. The topological polar surface area (TPSA) is 69.2 Å². The van der Waals surface area contributed by atoms with E-state index in [2.05, 4.69) is 66.9 Å². The first-order valence-electron chi connectivity index (χ1n) is 11.5. The van der Waals surface area contributed by atoms with Crippen molar-refractivity contribution in [3.05, 3.63) is 96.6 Å². The Balaban J connectivity index is 1.45. The molecule has 1 aromatic carbocycles. The van der Waals surface area contributed by atoms with Gasteiger partial charge in [0.05, 0.1) is 31.2 Å². The van der Waals surface area contributed by atoms with Gasteiger partial charge in [0.15, 0.2) is 0 Å². The third kappa shape index (κ3) is 4.62. The van der Waals surface area contributed by atoms with Crippen molar-refractivity contribution in [3.63, 3.8) is 0 Å². The van der Waals surface area contributed by atoms with Crippen LogP contribution in [0.2, 0.25) is 0 Å². The number of rotatable bonds is 3. The van der Waals surface area contributed by atoms with Crippen LogP contribution < -0.4 is 0 Å². The van der Waals surface area contributed by atoms with Gasteiger partial charge in [0.25, 0.3) is 0 Å². The molecule has 3 heterocycles. The average molecular weight is 586 g/mol. The number of quaternary nitrogens is 1. The van der Waals surface area contributed by atoms with Crippen LogP contribution in [0.4, 0.5) is 0 Å². The van der Waals surface area contributed by atoms with Crippen molar-refractivity contribution in [2.75, 3.05) is 26.2 Å². The van der Waals surface area contributed by atoms with Crippen molar-refractivity contribution in [3.8, 4) is 0 Å². The maximum absolute atomic E-state index is 13.5. The standard InChI is InChI=1S/C26H26Br2N4O2/c1-17-12-21(27)14-19-2-3-20-15-22(28)16-30-25(20)26(24(17)19)31-8-10-32(34,11-9-31)23(33)13-18-4-6-29-7-5-18/h4-7,12,14-16,26H,2-3,8-11,13H2,1H3. The molecule has 176 valence electrons. The number of halogens is 2. The molecular formula is C26H26Br2N4O2. The molecule has 1 aliphatic heterocycles. The van der Waals surface area contributed by atoms with Gasteiger partial charge in [-0.05, 0) is 93.8 Å². The van der Waals surface area contributed by atoms with Crippen LogP contribution in [0.3, 0.4) is 0 Å². The summed E-state index contributed by atoms with van der Waals surface area (Å²) in [6.07, 6.45) is 7.18. The summed E-state index contributed by atoms with van der Waals surface area (Å²) in [5.74, 6) is -0.283. The minimum Gasteiger partial charge on any atom is -0.625 e. The minimum atomic E-state index is -0.779. The zero-order chi connectivity index (χ0) is 23.9. The quantitative estimate of drug-likeness (QED) is 0.323. The van der Waals surface area contributed by atoms with Crippen molar-refractivity contribution in [2.24, 2.45) is 0 Å². The van der Waals surface area contributed by atoms with E-state index in [1.807, 2.05) is 6.20 Å². The lowest BCUT2D eigenvalue weighted by Gasteiger charge is -2.47. The largest absolute Gasteiger partial charge is 0.625 e. The van der Waals surface area contributed by atoms with Gasteiger partial charge in [0, 0.05) is 40.6 Å². The van der Waals surface area contributed by atoms with E-state index in [0.29, 0.717) is 13.1 Å². The number of benzene rings is 1. The Hall–Kier alpha value is -1.97. The smallest absolute Gasteiger partial charge is 0.318 e. The molecule has 1 amide bonds. The highest BCUT2D eigenvalue weighted by atomic mass is 79.9. The second-order valence-electron chi connectivity index (χ2n) is 9.19. The molecule has 1 aliphatic carbocycles. The number of pyridine rings is 2. The van der Waals surface area contributed by atoms with E-state index < -0.39 is 4.65 Å². The van der Waals surface area contributed by atoms with Gasteiger partial charge in [0.1, 0.15) is 0 Å². The molecule has 0 saturated carbocycles. The van der Waals surface area contributed by atoms with Crippen molar-refractivity contribution < 1.29 is 9.44 Å². The molecule has 1 fully saturated rings. The molecule has 2 aromatic heterocycles. The molecule has 0 bridgehead atoms. The van der Waals surface area contributed by atoms with Gasteiger partial charge in [-0.15, -0.1) is 0 Å². The first-order valence-corrected chi connectivity index (χ1v) is 13.1. The summed E-state index contributed by atoms with van der Waals surface area (Å²) < 4.78 is 1.28. The number of carbonyl (C=O) groups is 1. The predicted octanol–water partition coefficient (Wildman–Crippen LogP) is 4.90. The zero-order valence-corrected chi connectivity index (χ0v) is 22.2. The van der Waals surface area contributed by atoms with Crippen LogP contribution in [0.25, 0.3) is 0 Å². The number of hydrogen-bond acceptors (Lipinski definition) is 5. The molecule has 0 N–H and O–H groups in total. The van der Waals surface area contributed by atoms with E-state index in [1.54, 1.807) is 24.5 Å². The molecule has 34 heavy (non-hydrogen) atoms. The Morgan fingerprint density at radius 1 is 1.09 bits per heavy atom. The Labute approximate surface area is 216 Å². The lowest BCUT2D eigenvalue weighted by Crippen LogP contribution is -2.60. The van der Waals surface area contributed by atoms with Crippen LogP contribution in [0.15, 0.2) is 57.9 Å². The fourth-order valence-electron chi connectivity index (χ4n) is 5.25. The summed E-state index contributed by atoms with van der Waals surface area (Å²) in [5, 5.41) is 13.5. The lowest BCUT2D eigenvalue weighted by molar-refractivity contribution is -0.810. The number of hydrogen-bond donors (Lipinski definition) is 0. The third-order valence-corrected chi connectivity index (χ3v) is 7.91. The Kier molecular flexibility index (Phi) is 6.70. The Morgan fingerprint density at radius 2 is 1.76 bits per heavy atom. The van der Waals surface area contributed by atoms with Gasteiger partial charge in [-0.3, -0.25) is 19.5 Å². The first kappa shape index (κ1) is 23.8.